The number of hydrogen-bond acceptors (Lipinski definition) is 2. The average molecular weight is 288 g/mol. The summed E-state index contributed by atoms with van der Waals surface area (Å²) in [5.41, 5.74) is 7.34. The molecule has 3 heteroatoms. The number of benzene rings is 1. The second kappa shape index (κ2) is 8.18. The Morgan fingerprint density at radius 2 is 1.90 bits per heavy atom. The van der Waals surface area contributed by atoms with Gasteiger partial charge in [-0.2, -0.15) is 0 Å². The minimum absolute atomic E-state index is 0.0229. The Bertz CT molecular complexity index is 435. The fourth-order valence-electron chi connectivity index (χ4n) is 3.13. The molecule has 0 radical (unpaired) electrons. The van der Waals surface area contributed by atoms with Gasteiger partial charge in [-0.1, -0.05) is 44.2 Å². The second-order valence-electron chi connectivity index (χ2n) is 6.36. The van der Waals surface area contributed by atoms with Gasteiger partial charge in [-0.05, 0) is 43.4 Å². The zero-order valence-electron chi connectivity index (χ0n) is 13.1. The fraction of sp³-hybridized carbons (Fsp3) is 0.611. The number of amides is 1. The number of nitrogens with two attached hydrogens (primary N) is 1. The van der Waals surface area contributed by atoms with Gasteiger partial charge in [-0.25, -0.2) is 0 Å². The van der Waals surface area contributed by atoms with Crippen molar-refractivity contribution in [2.45, 2.75) is 64.5 Å². The zero-order valence-corrected chi connectivity index (χ0v) is 13.1. The van der Waals surface area contributed by atoms with E-state index in [2.05, 4.69) is 12.2 Å². The van der Waals surface area contributed by atoms with Gasteiger partial charge in [0.15, 0.2) is 0 Å². The highest BCUT2D eigenvalue weighted by atomic mass is 16.1. The summed E-state index contributed by atoms with van der Waals surface area (Å²) in [7, 11) is 0. The highest BCUT2D eigenvalue weighted by molar-refractivity contribution is 5.94. The first-order valence-electron chi connectivity index (χ1n) is 8.29. The van der Waals surface area contributed by atoms with Crippen molar-refractivity contribution in [3.8, 4) is 0 Å². The average Bonchev–Trinajstić information content (AvgIpc) is 2.54. The smallest absolute Gasteiger partial charge is 0.251 e. The molecule has 0 aromatic heterocycles. The fourth-order valence-corrected chi connectivity index (χ4v) is 3.13. The molecule has 1 atom stereocenters. The molecule has 0 saturated heterocycles. The lowest BCUT2D eigenvalue weighted by atomic mass is 9.85. The lowest BCUT2D eigenvalue weighted by molar-refractivity contribution is 0.0936. The van der Waals surface area contributed by atoms with Crippen LogP contribution in [0, 0.1) is 5.92 Å². The van der Waals surface area contributed by atoms with E-state index in [1.54, 1.807) is 0 Å². The number of rotatable bonds is 6. The summed E-state index contributed by atoms with van der Waals surface area (Å²) in [6.07, 6.45) is 9.26. The van der Waals surface area contributed by atoms with Gasteiger partial charge in [-0.15, -0.1) is 0 Å². The zero-order chi connectivity index (χ0) is 15.1. The highest BCUT2D eigenvalue weighted by Gasteiger charge is 2.15. The van der Waals surface area contributed by atoms with Crippen LogP contribution in [0.5, 0.6) is 0 Å². The first-order valence-corrected chi connectivity index (χ1v) is 8.29. The molecule has 1 aliphatic carbocycles. The van der Waals surface area contributed by atoms with E-state index < -0.39 is 0 Å². The standard InChI is InChI=1S/C18H28N2O/c1-14(7-8-15-5-3-2-4-6-15)20-18(21)17-11-9-16(13-19)10-12-17/h9-12,14-15H,2-8,13,19H2,1H3,(H,20,21). The largest absolute Gasteiger partial charge is 0.350 e. The van der Waals surface area contributed by atoms with Crippen LogP contribution in [-0.2, 0) is 6.54 Å². The van der Waals surface area contributed by atoms with Gasteiger partial charge in [0.2, 0.25) is 0 Å². The van der Waals surface area contributed by atoms with Gasteiger partial charge in [0.1, 0.15) is 0 Å². The number of nitrogens with one attached hydrogen (secondary N) is 1. The van der Waals surface area contributed by atoms with Crippen LogP contribution in [0.1, 0.15) is 67.8 Å². The molecule has 0 heterocycles. The van der Waals surface area contributed by atoms with E-state index in [4.69, 9.17) is 5.73 Å². The molecule has 3 N–H and O–H groups in total. The van der Waals surface area contributed by atoms with E-state index in [0.717, 1.165) is 23.5 Å². The van der Waals surface area contributed by atoms with Crippen LogP contribution in [0.25, 0.3) is 0 Å². The molecule has 1 fully saturated rings. The topological polar surface area (TPSA) is 55.1 Å². The highest BCUT2D eigenvalue weighted by Crippen LogP contribution is 2.27. The molecule has 1 aliphatic rings. The third-order valence-electron chi connectivity index (χ3n) is 4.56. The van der Waals surface area contributed by atoms with Gasteiger partial charge in [-0.3, -0.25) is 4.79 Å². The van der Waals surface area contributed by atoms with Crippen molar-refractivity contribution in [2.24, 2.45) is 11.7 Å². The van der Waals surface area contributed by atoms with Crippen molar-refractivity contribution >= 4 is 5.91 Å². The number of carbonyl (C=O) groups is 1. The Labute approximate surface area is 128 Å². The van der Waals surface area contributed by atoms with Crippen LogP contribution in [0.3, 0.4) is 0 Å². The maximum Gasteiger partial charge on any atom is 0.251 e. The molecular formula is C18H28N2O. The van der Waals surface area contributed by atoms with E-state index in [1.807, 2.05) is 24.3 Å². The molecule has 1 unspecified atom stereocenters. The molecule has 2 rings (SSSR count). The maximum atomic E-state index is 12.2. The van der Waals surface area contributed by atoms with Crippen molar-refractivity contribution in [1.82, 2.24) is 5.32 Å². The molecule has 21 heavy (non-hydrogen) atoms. The minimum Gasteiger partial charge on any atom is -0.350 e. The van der Waals surface area contributed by atoms with Crippen molar-refractivity contribution in [3.63, 3.8) is 0 Å². The molecule has 1 amide bonds. The van der Waals surface area contributed by atoms with Crippen LogP contribution in [0.2, 0.25) is 0 Å². The van der Waals surface area contributed by atoms with Gasteiger partial charge in [0, 0.05) is 18.2 Å². The van der Waals surface area contributed by atoms with Gasteiger partial charge in [0.25, 0.3) is 5.91 Å². The monoisotopic (exact) mass is 288 g/mol. The van der Waals surface area contributed by atoms with Crippen LogP contribution in [0.15, 0.2) is 24.3 Å². The summed E-state index contributed by atoms with van der Waals surface area (Å²) >= 11 is 0. The second-order valence-corrected chi connectivity index (χ2v) is 6.36. The van der Waals surface area contributed by atoms with E-state index >= 15 is 0 Å². The van der Waals surface area contributed by atoms with Gasteiger partial charge >= 0.3 is 0 Å². The van der Waals surface area contributed by atoms with E-state index in [9.17, 15) is 4.79 Å². The molecule has 3 nitrogen and oxygen atoms in total. The lowest BCUT2D eigenvalue weighted by Crippen LogP contribution is -2.33. The van der Waals surface area contributed by atoms with Crippen molar-refractivity contribution < 1.29 is 4.79 Å². The Morgan fingerprint density at radius 3 is 2.52 bits per heavy atom. The Morgan fingerprint density at radius 1 is 1.24 bits per heavy atom. The maximum absolute atomic E-state index is 12.2. The van der Waals surface area contributed by atoms with E-state index in [-0.39, 0.29) is 11.9 Å². The normalized spacial score (nSPS) is 17.4. The SMILES string of the molecule is CC(CCC1CCCCC1)NC(=O)c1ccc(CN)cc1. The summed E-state index contributed by atoms with van der Waals surface area (Å²) in [5.74, 6) is 0.900. The van der Waals surface area contributed by atoms with Crippen LogP contribution < -0.4 is 11.1 Å². The number of carbonyl (C=O) groups excluding carboxylic acids is 1. The molecule has 1 saturated carbocycles. The quantitative estimate of drug-likeness (QED) is 0.840. The third-order valence-corrected chi connectivity index (χ3v) is 4.56. The molecule has 116 valence electrons. The first kappa shape index (κ1) is 16.0. The van der Waals surface area contributed by atoms with E-state index in [0.29, 0.717) is 6.54 Å². The third kappa shape index (κ3) is 5.16. The van der Waals surface area contributed by atoms with E-state index in [1.165, 1.54) is 38.5 Å². The Hall–Kier alpha value is -1.35. The Balaban J connectivity index is 1.75. The molecule has 0 spiro atoms. The predicted molar refractivity (Wildman–Crippen MR) is 87.1 cm³/mol. The van der Waals surface area contributed by atoms with Gasteiger partial charge in [0.05, 0.1) is 0 Å². The predicted octanol–water partition coefficient (Wildman–Crippen LogP) is 3.62. The van der Waals surface area contributed by atoms with Crippen LogP contribution >= 0.6 is 0 Å². The lowest BCUT2D eigenvalue weighted by Gasteiger charge is -2.23. The molecule has 0 bridgehead atoms. The number of hydrogen-bond donors (Lipinski definition) is 2. The van der Waals surface area contributed by atoms with Crippen molar-refractivity contribution in [3.05, 3.63) is 35.4 Å². The first-order chi connectivity index (χ1) is 10.2. The minimum atomic E-state index is 0.0229. The summed E-state index contributed by atoms with van der Waals surface area (Å²) in [6.45, 7) is 2.62. The summed E-state index contributed by atoms with van der Waals surface area (Å²) in [5, 5.41) is 3.10. The van der Waals surface area contributed by atoms with Crippen molar-refractivity contribution in [1.29, 1.82) is 0 Å². The molecule has 0 aliphatic heterocycles. The summed E-state index contributed by atoms with van der Waals surface area (Å²) in [6, 6.07) is 7.79. The molecular weight excluding hydrogens is 260 g/mol. The van der Waals surface area contributed by atoms with Crippen LogP contribution in [0.4, 0.5) is 0 Å². The van der Waals surface area contributed by atoms with Crippen molar-refractivity contribution in [2.75, 3.05) is 0 Å². The Kier molecular flexibility index (Phi) is 6.24. The van der Waals surface area contributed by atoms with Gasteiger partial charge < -0.3 is 11.1 Å². The van der Waals surface area contributed by atoms with Crippen LogP contribution in [-0.4, -0.2) is 11.9 Å². The summed E-state index contributed by atoms with van der Waals surface area (Å²) in [4.78, 5) is 12.2. The molecule has 1 aromatic carbocycles. The molecule has 1 aromatic rings. The summed E-state index contributed by atoms with van der Waals surface area (Å²) < 4.78 is 0.